The quantitative estimate of drug-likeness (QED) is 0.535. The number of nitrogens with one attached hydrogen (secondary N) is 1. The zero-order chi connectivity index (χ0) is 19.8. The first-order valence-electron chi connectivity index (χ1n) is 7.30. The lowest BCUT2D eigenvalue weighted by Gasteiger charge is -2.07. The van der Waals surface area contributed by atoms with Gasteiger partial charge >= 0.3 is 0 Å². The highest BCUT2D eigenvalue weighted by atomic mass is 79.9. The van der Waals surface area contributed by atoms with Crippen LogP contribution in [0.2, 0.25) is 10.0 Å². The summed E-state index contributed by atoms with van der Waals surface area (Å²) >= 11 is 15.1. The second kappa shape index (κ2) is 7.75. The Bertz CT molecular complexity index is 1120. The predicted octanol–water partition coefficient (Wildman–Crippen LogP) is 5.08. The number of halogens is 5. The van der Waals surface area contributed by atoms with Gasteiger partial charge in [0.05, 0.1) is 26.0 Å². The molecule has 0 saturated heterocycles. The molecule has 0 unspecified atom stereocenters. The second-order valence-electron chi connectivity index (χ2n) is 5.45. The fourth-order valence-corrected chi connectivity index (χ4v) is 4.10. The molecule has 0 aliphatic heterocycles. The summed E-state index contributed by atoms with van der Waals surface area (Å²) in [4.78, 5) is -0.424. The maximum absolute atomic E-state index is 13.3. The zero-order valence-corrected chi connectivity index (χ0v) is 17.2. The van der Waals surface area contributed by atoms with Crippen molar-refractivity contribution < 1.29 is 17.2 Å². The molecule has 0 aliphatic carbocycles. The molecule has 0 saturated carbocycles. The molecule has 0 spiro atoms. The van der Waals surface area contributed by atoms with E-state index in [1.54, 1.807) is 24.4 Å². The van der Waals surface area contributed by atoms with Gasteiger partial charge in [-0.05, 0) is 51.8 Å². The van der Waals surface area contributed by atoms with Crippen molar-refractivity contribution in [2.75, 3.05) is 4.72 Å². The average Bonchev–Trinajstić information content (AvgIpc) is 2.92. The molecule has 0 fully saturated rings. The molecule has 0 aliphatic rings. The molecule has 0 radical (unpaired) electrons. The third-order valence-corrected chi connectivity index (χ3v) is 6.13. The zero-order valence-electron chi connectivity index (χ0n) is 13.3. The minimum Gasteiger partial charge on any atom is -0.265 e. The van der Waals surface area contributed by atoms with Crippen molar-refractivity contribution in [3.63, 3.8) is 0 Å². The van der Waals surface area contributed by atoms with Gasteiger partial charge in [0.25, 0.3) is 10.0 Å². The fourth-order valence-electron chi connectivity index (χ4n) is 2.20. The molecule has 1 heterocycles. The molecule has 11 heteroatoms. The summed E-state index contributed by atoms with van der Waals surface area (Å²) in [5, 5.41) is 4.95. The lowest BCUT2D eigenvalue weighted by Crippen LogP contribution is -2.14. The summed E-state index contributed by atoms with van der Waals surface area (Å²) in [6.07, 6.45) is 1.56. The Kier molecular flexibility index (Phi) is 5.76. The number of anilines is 1. The number of hydrogen-bond donors (Lipinski definition) is 1. The smallest absolute Gasteiger partial charge is 0.263 e. The van der Waals surface area contributed by atoms with Gasteiger partial charge in [-0.25, -0.2) is 17.2 Å². The summed E-state index contributed by atoms with van der Waals surface area (Å²) in [7, 11) is -4.15. The summed E-state index contributed by atoms with van der Waals surface area (Å²) in [5.74, 6) is -2.40. The molecule has 1 N–H and O–H groups in total. The minimum atomic E-state index is -4.15. The molecule has 1 aromatic heterocycles. The number of rotatable bonds is 5. The number of nitrogens with zero attached hydrogens (tertiary/aromatic N) is 2. The van der Waals surface area contributed by atoms with E-state index in [1.807, 2.05) is 0 Å². The lowest BCUT2D eigenvalue weighted by atomic mass is 10.2. The molecule has 142 valence electrons. The Labute approximate surface area is 172 Å². The monoisotopic (exact) mass is 495 g/mol. The summed E-state index contributed by atoms with van der Waals surface area (Å²) in [6.45, 7) is 0.308. The fraction of sp³-hybridized carbons (Fsp3) is 0.0625. The molecule has 3 aromatic rings. The van der Waals surface area contributed by atoms with Crippen LogP contribution in [0, 0.1) is 11.6 Å². The van der Waals surface area contributed by atoms with Crippen LogP contribution in [0.3, 0.4) is 0 Å². The van der Waals surface area contributed by atoms with Gasteiger partial charge in [0, 0.05) is 6.20 Å². The van der Waals surface area contributed by atoms with E-state index in [0.717, 1.165) is 17.7 Å². The first-order chi connectivity index (χ1) is 12.7. The van der Waals surface area contributed by atoms with Crippen LogP contribution >= 0.6 is 39.1 Å². The van der Waals surface area contributed by atoms with Crippen LogP contribution in [0.1, 0.15) is 5.56 Å². The van der Waals surface area contributed by atoms with E-state index in [2.05, 4.69) is 25.8 Å². The third-order valence-electron chi connectivity index (χ3n) is 3.48. The third kappa shape index (κ3) is 4.60. The van der Waals surface area contributed by atoms with Crippen LogP contribution in [0.4, 0.5) is 14.6 Å². The summed E-state index contributed by atoms with van der Waals surface area (Å²) in [5.41, 5.74) is 0.800. The van der Waals surface area contributed by atoms with Gasteiger partial charge < -0.3 is 0 Å². The topological polar surface area (TPSA) is 64.0 Å². The lowest BCUT2D eigenvalue weighted by molar-refractivity contribution is 0.504. The normalized spacial score (nSPS) is 11.6. The summed E-state index contributed by atoms with van der Waals surface area (Å²) in [6, 6.07) is 7.37. The first kappa shape index (κ1) is 20.1. The number of benzene rings is 2. The second-order valence-corrected chi connectivity index (χ2v) is 8.80. The highest BCUT2D eigenvalue weighted by molar-refractivity contribution is 9.10. The van der Waals surface area contributed by atoms with Gasteiger partial charge in [-0.2, -0.15) is 5.10 Å². The maximum atomic E-state index is 13.3. The van der Waals surface area contributed by atoms with E-state index in [0.29, 0.717) is 27.1 Å². The highest BCUT2D eigenvalue weighted by Crippen LogP contribution is 2.26. The van der Waals surface area contributed by atoms with Crippen molar-refractivity contribution in [2.24, 2.45) is 0 Å². The van der Waals surface area contributed by atoms with Crippen molar-refractivity contribution in [1.82, 2.24) is 9.78 Å². The molecular formula is C16H10BrCl2F2N3O2S. The van der Waals surface area contributed by atoms with Gasteiger partial charge in [-0.3, -0.25) is 9.40 Å². The highest BCUT2D eigenvalue weighted by Gasteiger charge is 2.20. The molecule has 0 bridgehead atoms. The number of sulfonamides is 1. The van der Waals surface area contributed by atoms with Gasteiger partial charge in [0.2, 0.25) is 0 Å². The van der Waals surface area contributed by atoms with Crippen LogP contribution in [-0.2, 0) is 16.6 Å². The van der Waals surface area contributed by atoms with Crippen molar-refractivity contribution in [1.29, 1.82) is 0 Å². The van der Waals surface area contributed by atoms with Gasteiger partial charge in [-0.1, -0.05) is 29.3 Å². The van der Waals surface area contributed by atoms with E-state index in [1.165, 1.54) is 4.68 Å². The molecule has 3 rings (SSSR count). The Hall–Kier alpha value is -1.68. The SMILES string of the molecule is O=S(=O)(Nc1nn(Cc2ccc(Cl)c(Cl)c2)cc1Br)c1ccc(F)c(F)c1. The van der Waals surface area contributed by atoms with E-state index < -0.39 is 26.6 Å². The Morgan fingerprint density at radius 1 is 1.07 bits per heavy atom. The first-order valence-corrected chi connectivity index (χ1v) is 10.3. The molecule has 0 atom stereocenters. The van der Waals surface area contributed by atoms with Gasteiger partial charge in [0.1, 0.15) is 0 Å². The van der Waals surface area contributed by atoms with Crippen LogP contribution in [0.5, 0.6) is 0 Å². The van der Waals surface area contributed by atoms with E-state index in [9.17, 15) is 17.2 Å². The van der Waals surface area contributed by atoms with Crippen LogP contribution in [-0.4, -0.2) is 18.2 Å². The maximum Gasteiger partial charge on any atom is 0.263 e. The van der Waals surface area contributed by atoms with Crippen LogP contribution in [0.15, 0.2) is 52.0 Å². The molecule has 27 heavy (non-hydrogen) atoms. The Morgan fingerprint density at radius 3 is 2.48 bits per heavy atom. The van der Waals surface area contributed by atoms with Crippen LogP contribution in [0.25, 0.3) is 0 Å². The Morgan fingerprint density at radius 2 is 1.81 bits per heavy atom. The van der Waals surface area contributed by atoms with E-state index in [-0.39, 0.29) is 5.82 Å². The average molecular weight is 497 g/mol. The Balaban J connectivity index is 1.83. The van der Waals surface area contributed by atoms with Crippen molar-refractivity contribution in [3.8, 4) is 0 Å². The van der Waals surface area contributed by atoms with Crippen molar-refractivity contribution in [2.45, 2.75) is 11.4 Å². The standard InChI is InChI=1S/C16H10BrCl2F2N3O2S/c17-11-8-24(7-9-1-3-12(18)13(19)5-9)22-16(11)23-27(25,26)10-2-4-14(20)15(21)6-10/h1-6,8H,7H2,(H,22,23). The van der Waals surface area contributed by atoms with Crippen molar-refractivity contribution in [3.05, 3.63) is 74.3 Å². The number of hydrogen-bond acceptors (Lipinski definition) is 3. The van der Waals surface area contributed by atoms with E-state index >= 15 is 0 Å². The largest absolute Gasteiger partial charge is 0.265 e. The molecule has 0 amide bonds. The molecule has 5 nitrogen and oxygen atoms in total. The van der Waals surface area contributed by atoms with Gasteiger partial charge in [0.15, 0.2) is 17.5 Å². The predicted molar refractivity (Wildman–Crippen MR) is 103 cm³/mol. The van der Waals surface area contributed by atoms with E-state index in [4.69, 9.17) is 23.2 Å². The van der Waals surface area contributed by atoms with Crippen LogP contribution < -0.4 is 4.72 Å². The molecular weight excluding hydrogens is 487 g/mol. The minimum absolute atomic E-state index is 0.000191. The molecule has 2 aromatic carbocycles. The summed E-state index contributed by atoms with van der Waals surface area (Å²) < 4.78 is 55.1. The number of aromatic nitrogens is 2. The van der Waals surface area contributed by atoms with Crippen molar-refractivity contribution >= 4 is 55.0 Å². The van der Waals surface area contributed by atoms with Gasteiger partial charge in [-0.15, -0.1) is 0 Å².